The Balaban J connectivity index is 0.000000148. The van der Waals surface area contributed by atoms with Gasteiger partial charge in [0.05, 0.1) is 35.1 Å². The van der Waals surface area contributed by atoms with Gasteiger partial charge in [0.15, 0.2) is 0 Å². The number of fused-ring (bicyclic) bond motifs is 15. The standard InChI is InChI=1S/2C33H58O2.C33H56O2.CH4O/c3*1-7-33(35)19-18-31(5)24(21-33)8-9-25-27-11-10-26(32(27,6)17-14-28(25)31)22(2)29(34)20-23-12-15-30(3,4)16-13-23;1-2/h2*22-29,34-35H,7-21H2,1-6H3;8,22-23,25-29,34-35H,7,9-21H2,1-6H3;2H,1H3/t22-,24+,25-,26+,27-,28-,29+,31-,32+,33-;22-,24-,25-,26+,27-,28-,29+,31-,32+,33-;22-,25-,26+,27-,28-,29+,31-,32+,33-;/m000./s1. The molecule has 0 aromatic carbocycles. The molecule has 618 valence electrons. The van der Waals surface area contributed by atoms with E-state index in [1.807, 2.05) is 0 Å². The van der Waals surface area contributed by atoms with E-state index in [9.17, 15) is 30.6 Å². The van der Waals surface area contributed by atoms with Crippen molar-refractivity contribution in [2.75, 3.05) is 7.11 Å². The van der Waals surface area contributed by atoms with Crippen molar-refractivity contribution in [3.05, 3.63) is 11.6 Å². The predicted molar refractivity (Wildman–Crippen MR) is 446 cm³/mol. The van der Waals surface area contributed by atoms with Gasteiger partial charge in [-0.05, 0) is 450 Å². The summed E-state index contributed by atoms with van der Waals surface area (Å²) in [6.07, 6.45) is 56.8. The predicted octanol–water partition coefficient (Wildman–Crippen LogP) is 24.7. The highest BCUT2D eigenvalue weighted by molar-refractivity contribution is 5.27. The third-order valence-corrected chi connectivity index (χ3v) is 40.9. The van der Waals surface area contributed by atoms with Gasteiger partial charge in [-0.2, -0.15) is 0 Å². The zero-order valence-corrected chi connectivity index (χ0v) is 73.6. The molecule has 15 aliphatic rings. The van der Waals surface area contributed by atoms with Crippen LogP contribution in [0.4, 0.5) is 0 Å². The van der Waals surface area contributed by atoms with Crippen LogP contribution in [0.3, 0.4) is 0 Å². The smallest absolute Gasteiger partial charge is 0.0682 e. The van der Waals surface area contributed by atoms with Gasteiger partial charge in [-0.15, -0.1) is 0 Å². The maximum absolute atomic E-state index is 11.4. The Bertz CT molecular complexity index is 2790. The Morgan fingerprint density at radius 1 is 0.327 bits per heavy atom. The second-order valence-electron chi connectivity index (χ2n) is 47.4. The van der Waals surface area contributed by atoms with Crippen LogP contribution in [0.15, 0.2) is 11.6 Å². The van der Waals surface area contributed by atoms with Crippen molar-refractivity contribution in [3.63, 3.8) is 0 Å². The van der Waals surface area contributed by atoms with Crippen molar-refractivity contribution in [1.82, 2.24) is 0 Å². The van der Waals surface area contributed by atoms with Crippen LogP contribution in [0.1, 0.15) is 407 Å². The normalized spacial score (nSPS) is 47.9. The lowest BCUT2D eigenvalue weighted by molar-refractivity contribution is -0.154. The highest BCUT2D eigenvalue weighted by Crippen LogP contribution is 2.73. The Morgan fingerprint density at radius 3 is 0.972 bits per heavy atom. The van der Waals surface area contributed by atoms with Crippen LogP contribution in [0.2, 0.25) is 0 Å². The van der Waals surface area contributed by atoms with Crippen LogP contribution in [0.5, 0.6) is 0 Å². The molecule has 0 heterocycles. The Morgan fingerprint density at radius 2 is 0.636 bits per heavy atom. The van der Waals surface area contributed by atoms with Crippen molar-refractivity contribution >= 4 is 0 Å². The molecule has 0 aromatic heterocycles. The summed E-state index contributed by atoms with van der Waals surface area (Å²) in [5, 5.41) is 74.5. The second kappa shape index (κ2) is 32.4. The van der Waals surface area contributed by atoms with Crippen LogP contribution >= 0.6 is 0 Å². The lowest BCUT2D eigenvalue weighted by Gasteiger charge is -2.62. The van der Waals surface area contributed by atoms with E-state index in [0.29, 0.717) is 84.2 Å². The van der Waals surface area contributed by atoms with Crippen LogP contribution in [0.25, 0.3) is 0 Å². The van der Waals surface area contributed by atoms with Gasteiger partial charge >= 0.3 is 0 Å². The molecule has 7 N–H and O–H groups in total. The van der Waals surface area contributed by atoms with E-state index in [4.69, 9.17) is 5.11 Å². The Labute approximate surface area is 660 Å². The zero-order valence-electron chi connectivity index (χ0n) is 73.6. The van der Waals surface area contributed by atoms with Gasteiger partial charge in [-0.1, -0.05) is 136 Å². The molecule has 0 aliphatic heterocycles. The molecule has 0 unspecified atom stereocenters. The molecule has 107 heavy (non-hydrogen) atoms. The Kier molecular flexibility index (Phi) is 26.0. The van der Waals surface area contributed by atoms with Gasteiger partial charge in [-0.25, -0.2) is 0 Å². The van der Waals surface area contributed by atoms with E-state index in [2.05, 4.69) is 131 Å². The molecule has 15 aliphatic carbocycles. The summed E-state index contributed by atoms with van der Waals surface area (Å²) in [5.41, 5.74) is 4.35. The number of aliphatic hydroxyl groups is 7. The van der Waals surface area contributed by atoms with E-state index in [-0.39, 0.29) is 18.3 Å². The molecule has 29 atom stereocenters. The first-order valence-corrected chi connectivity index (χ1v) is 47.6. The average Bonchev–Trinajstić information content (AvgIpc) is 1.69. The number of hydrogen-bond donors (Lipinski definition) is 7. The Hall–Kier alpha value is -0.540. The minimum atomic E-state index is -0.459. The highest BCUT2D eigenvalue weighted by Gasteiger charge is 2.66. The third kappa shape index (κ3) is 16.6. The van der Waals surface area contributed by atoms with Crippen LogP contribution in [-0.2, 0) is 0 Å². The fourth-order valence-corrected chi connectivity index (χ4v) is 32.6. The van der Waals surface area contributed by atoms with Crippen molar-refractivity contribution < 1.29 is 35.7 Å². The molecule has 0 amide bonds. The lowest BCUT2D eigenvalue weighted by atomic mass is 9.43. The van der Waals surface area contributed by atoms with Gasteiger partial charge < -0.3 is 35.7 Å². The summed E-state index contributed by atoms with van der Waals surface area (Å²) in [7, 11) is 1.00. The van der Waals surface area contributed by atoms with Crippen molar-refractivity contribution in [2.45, 2.75) is 442 Å². The fourth-order valence-electron chi connectivity index (χ4n) is 32.6. The summed E-state index contributed by atoms with van der Waals surface area (Å²) < 4.78 is 0. The molecular weight excluding hydrogens is 1310 g/mol. The van der Waals surface area contributed by atoms with Gasteiger partial charge in [0.2, 0.25) is 0 Å². The molecule has 0 saturated heterocycles. The molecule has 14 saturated carbocycles. The van der Waals surface area contributed by atoms with Crippen LogP contribution < -0.4 is 0 Å². The number of aliphatic hydroxyl groups excluding tert-OH is 4. The first-order chi connectivity index (χ1) is 50.2. The largest absolute Gasteiger partial charge is 0.400 e. The zero-order chi connectivity index (χ0) is 77.7. The third-order valence-electron chi connectivity index (χ3n) is 40.9. The minimum absolute atomic E-state index is 0.113. The van der Waals surface area contributed by atoms with E-state index in [1.165, 1.54) is 205 Å². The van der Waals surface area contributed by atoms with Crippen molar-refractivity contribution in [3.8, 4) is 0 Å². The first-order valence-electron chi connectivity index (χ1n) is 47.6. The minimum Gasteiger partial charge on any atom is -0.400 e. The van der Waals surface area contributed by atoms with Gasteiger partial charge in [-0.3, -0.25) is 0 Å². The average molecular weight is 1490 g/mol. The first kappa shape index (κ1) is 85.8. The van der Waals surface area contributed by atoms with Crippen LogP contribution in [-0.4, -0.2) is 78.0 Å². The van der Waals surface area contributed by atoms with Crippen molar-refractivity contribution in [1.29, 1.82) is 0 Å². The summed E-state index contributed by atoms with van der Waals surface area (Å²) in [4.78, 5) is 0. The molecule has 0 spiro atoms. The molecule has 7 nitrogen and oxygen atoms in total. The maximum Gasteiger partial charge on any atom is 0.0682 e. The lowest BCUT2D eigenvalue weighted by Crippen LogP contribution is -2.56. The molecule has 7 heteroatoms. The summed E-state index contributed by atoms with van der Waals surface area (Å²) >= 11 is 0. The van der Waals surface area contributed by atoms with Crippen molar-refractivity contribution in [2.24, 2.45) is 167 Å². The monoisotopic (exact) mass is 1490 g/mol. The van der Waals surface area contributed by atoms with E-state index in [1.54, 1.807) is 5.57 Å². The number of rotatable bonds is 15. The van der Waals surface area contributed by atoms with Gasteiger partial charge in [0.1, 0.15) is 0 Å². The SMILES string of the molecule is CC[C@]1(O)CC[C@@]2(C)C(=CC[C@H]3[C@@H]4CC[C@H]([C@H](C)[C@H](O)CC5CCC(C)(C)CC5)[C@@]4(C)CC[C@@H]32)C1.CC[C@]1(O)CC[C@@]2(C)[C@@H](CC[C@@H]3[C@@H]2CC[C@]2(C)[C@@H]([C@H](C)[C@H](O)CC4CCC(C)(C)CC4)CC[C@@H]32)C1.CC[C@]1(O)CC[C@@]2(C)[C@H](CC[C@@H]3[C@@H]2CC[C@]2(C)[C@@H]([C@H](C)[C@H](O)CC4CCC(C)(C)CC4)CC[C@@H]32)C1.CO. The molecule has 15 rings (SSSR count). The van der Waals surface area contributed by atoms with E-state index in [0.717, 1.165) is 167 Å². The number of hydrogen-bond acceptors (Lipinski definition) is 7. The number of allylic oxidation sites excluding steroid dienone is 1. The van der Waals surface area contributed by atoms with Crippen LogP contribution in [0, 0.1) is 167 Å². The molecule has 0 aromatic rings. The summed E-state index contributed by atoms with van der Waals surface area (Å²) in [5.74, 6) is 14.7. The molecular formula is C100H176O7. The topological polar surface area (TPSA) is 142 Å². The van der Waals surface area contributed by atoms with Gasteiger partial charge in [0, 0.05) is 7.11 Å². The van der Waals surface area contributed by atoms with Gasteiger partial charge in [0.25, 0.3) is 0 Å². The summed E-state index contributed by atoms with van der Waals surface area (Å²) in [6.45, 7) is 44.0. The highest BCUT2D eigenvalue weighted by atomic mass is 16.3. The molecule has 0 radical (unpaired) electrons. The molecule has 0 bridgehead atoms. The van der Waals surface area contributed by atoms with E-state index < -0.39 is 16.8 Å². The fraction of sp³-hybridized carbons (Fsp3) is 0.980. The summed E-state index contributed by atoms with van der Waals surface area (Å²) in [6, 6.07) is 0. The second-order valence-corrected chi connectivity index (χ2v) is 47.4. The quantitative estimate of drug-likeness (QED) is 0.0810. The van der Waals surface area contributed by atoms with E-state index >= 15 is 0 Å². The molecule has 14 fully saturated rings. The maximum atomic E-state index is 11.4.